The van der Waals surface area contributed by atoms with Gasteiger partial charge in [0, 0.05) is 33.0 Å². The lowest BCUT2D eigenvalue weighted by Gasteiger charge is -2.42. The SMILES string of the molecule is COCC1CN(C(C)=O)CC12CCN(Cc1ccc(Br)o1)CC2. The van der Waals surface area contributed by atoms with Gasteiger partial charge in [-0.3, -0.25) is 9.69 Å². The summed E-state index contributed by atoms with van der Waals surface area (Å²) in [6.45, 7) is 7.09. The van der Waals surface area contributed by atoms with E-state index in [9.17, 15) is 4.79 Å². The lowest BCUT2D eigenvalue weighted by atomic mass is 9.71. The zero-order valence-electron chi connectivity index (χ0n) is 13.9. The Kier molecular flexibility index (Phi) is 5.13. The van der Waals surface area contributed by atoms with Crippen LogP contribution in [0.5, 0.6) is 0 Å². The molecule has 0 aliphatic carbocycles. The minimum atomic E-state index is 0.186. The molecular formula is C17H25BrN2O3. The zero-order valence-corrected chi connectivity index (χ0v) is 15.5. The summed E-state index contributed by atoms with van der Waals surface area (Å²) in [5.41, 5.74) is 0.224. The molecule has 2 aliphatic heterocycles. The van der Waals surface area contributed by atoms with Crippen LogP contribution < -0.4 is 0 Å². The Morgan fingerprint density at radius 2 is 2.17 bits per heavy atom. The number of carbonyl (C=O) groups is 1. The Labute approximate surface area is 146 Å². The molecule has 5 nitrogen and oxygen atoms in total. The van der Waals surface area contributed by atoms with Crippen LogP contribution in [-0.4, -0.2) is 55.6 Å². The number of hydrogen-bond acceptors (Lipinski definition) is 4. The van der Waals surface area contributed by atoms with E-state index in [-0.39, 0.29) is 11.3 Å². The molecule has 1 atom stereocenters. The molecular weight excluding hydrogens is 360 g/mol. The second-order valence-electron chi connectivity index (χ2n) is 6.90. The van der Waals surface area contributed by atoms with Crippen LogP contribution in [-0.2, 0) is 16.1 Å². The Bertz CT molecular complexity index is 552. The first-order valence-electron chi connectivity index (χ1n) is 8.23. The van der Waals surface area contributed by atoms with Gasteiger partial charge in [-0.15, -0.1) is 0 Å². The predicted molar refractivity (Wildman–Crippen MR) is 91.0 cm³/mol. The average molecular weight is 385 g/mol. The molecule has 0 radical (unpaired) electrons. The fraction of sp³-hybridized carbons (Fsp3) is 0.706. The van der Waals surface area contributed by atoms with Crippen molar-refractivity contribution < 1.29 is 13.9 Å². The number of methoxy groups -OCH3 is 1. The first-order valence-corrected chi connectivity index (χ1v) is 9.03. The van der Waals surface area contributed by atoms with Gasteiger partial charge in [0.25, 0.3) is 0 Å². The third-order valence-corrected chi connectivity index (χ3v) is 5.91. The maximum absolute atomic E-state index is 11.8. The van der Waals surface area contributed by atoms with Gasteiger partial charge in [-0.2, -0.15) is 0 Å². The molecule has 0 aromatic carbocycles. The van der Waals surface area contributed by atoms with Gasteiger partial charge < -0.3 is 14.1 Å². The van der Waals surface area contributed by atoms with Crippen molar-refractivity contribution in [3.8, 4) is 0 Å². The van der Waals surface area contributed by atoms with E-state index in [4.69, 9.17) is 9.15 Å². The number of rotatable bonds is 4. The van der Waals surface area contributed by atoms with E-state index in [2.05, 4.69) is 20.8 Å². The van der Waals surface area contributed by atoms with Crippen molar-refractivity contribution in [3.05, 3.63) is 22.6 Å². The Balaban J connectivity index is 1.62. The molecule has 1 aromatic heterocycles. The maximum Gasteiger partial charge on any atom is 0.219 e. The van der Waals surface area contributed by atoms with Crippen molar-refractivity contribution in [1.82, 2.24) is 9.80 Å². The Hall–Kier alpha value is -0.850. The largest absolute Gasteiger partial charge is 0.453 e. The van der Waals surface area contributed by atoms with E-state index in [1.807, 2.05) is 17.0 Å². The van der Waals surface area contributed by atoms with E-state index in [0.29, 0.717) is 5.92 Å². The summed E-state index contributed by atoms with van der Waals surface area (Å²) in [6.07, 6.45) is 2.24. The van der Waals surface area contributed by atoms with Gasteiger partial charge in [0.1, 0.15) is 5.76 Å². The number of amides is 1. The molecule has 1 amide bonds. The van der Waals surface area contributed by atoms with Crippen molar-refractivity contribution >= 4 is 21.8 Å². The number of piperidine rings is 1. The molecule has 1 unspecified atom stereocenters. The van der Waals surface area contributed by atoms with Crippen LogP contribution in [0.25, 0.3) is 0 Å². The summed E-state index contributed by atoms with van der Waals surface area (Å²) >= 11 is 3.35. The first-order chi connectivity index (χ1) is 11.0. The molecule has 3 rings (SSSR count). The normalized spacial score (nSPS) is 24.5. The third kappa shape index (κ3) is 3.64. The molecule has 2 fully saturated rings. The lowest BCUT2D eigenvalue weighted by Crippen LogP contribution is -2.45. The number of ether oxygens (including phenoxy) is 1. The van der Waals surface area contributed by atoms with Crippen molar-refractivity contribution in [2.24, 2.45) is 11.3 Å². The quantitative estimate of drug-likeness (QED) is 0.800. The summed E-state index contributed by atoms with van der Waals surface area (Å²) in [7, 11) is 1.76. The van der Waals surface area contributed by atoms with Crippen molar-refractivity contribution in [1.29, 1.82) is 0 Å². The summed E-state index contributed by atoms with van der Waals surface area (Å²) in [6, 6.07) is 3.96. The Morgan fingerprint density at radius 3 is 2.74 bits per heavy atom. The van der Waals surface area contributed by atoms with Crippen LogP contribution in [0.2, 0.25) is 0 Å². The van der Waals surface area contributed by atoms with Crippen LogP contribution in [0.15, 0.2) is 21.2 Å². The lowest BCUT2D eigenvalue weighted by molar-refractivity contribution is -0.128. The van der Waals surface area contributed by atoms with Crippen LogP contribution >= 0.6 is 15.9 Å². The molecule has 2 saturated heterocycles. The highest BCUT2D eigenvalue weighted by Crippen LogP contribution is 2.45. The fourth-order valence-electron chi connectivity index (χ4n) is 4.08. The van der Waals surface area contributed by atoms with Gasteiger partial charge in [-0.05, 0) is 59.4 Å². The third-order valence-electron chi connectivity index (χ3n) is 5.49. The van der Waals surface area contributed by atoms with Crippen LogP contribution in [0.4, 0.5) is 0 Å². The predicted octanol–water partition coefficient (Wildman–Crippen LogP) is 2.75. The number of halogens is 1. The number of carbonyl (C=O) groups excluding carboxylic acids is 1. The monoisotopic (exact) mass is 384 g/mol. The molecule has 1 aromatic rings. The van der Waals surface area contributed by atoms with Crippen molar-refractivity contribution in [3.63, 3.8) is 0 Å². The Morgan fingerprint density at radius 1 is 1.43 bits per heavy atom. The van der Waals surface area contributed by atoms with Crippen molar-refractivity contribution in [2.45, 2.75) is 26.3 Å². The molecule has 0 N–H and O–H groups in total. The minimum Gasteiger partial charge on any atom is -0.453 e. The zero-order chi connectivity index (χ0) is 16.4. The van der Waals surface area contributed by atoms with Gasteiger partial charge >= 0.3 is 0 Å². The van der Waals surface area contributed by atoms with E-state index in [0.717, 1.165) is 62.6 Å². The van der Waals surface area contributed by atoms with E-state index in [1.54, 1.807) is 14.0 Å². The molecule has 3 heterocycles. The summed E-state index contributed by atoms with van der Waals surface area (Å²) < 4.78 is 11.8. The molecule has 6 heteroatoms. The highest BCUT2D eigenvalue weighted by molar-refractivity contribution is 9.10. The van der Waals surface area contributed by atoms with Gasteiger partial charge in [0.15, 0.2) is 4.67 Å². The fourth-order valence-corrected chi connectivity index (χ4v) is 4.42. The maximum atomic E-state index is 11.8. The van der Waals surface area contributed by atoms with Crippen LogP contribution in [0.1, 0.15) is 25.5 Å². The summed E-state index contributed by atoms with van der Waals surface area (Å²) in [5.74, 6) is 1.64. The highest BCUT2D eigenvalue weighted by Gasteiger charge is 2.48. The summed E-state index contributed by atoms with van der Waals surface area (Å²) in [4.78, 5) is 16.2. The van der Waals surface area contributed by atoms with Gasteiger partial charge in [-0.25, -0.2) is 0 Å². The number of nitrogens with zero attached hydrogens (tertiary/aromatic N) is 2. The molecule has 2 aliphatic rings. The van der Waals surface area contributed by atoms with Crippen LogP contribution in [0.3, 0.4) is 0 Å². The topological polar surface area (TPSA) is 45.9 Å². The smallest absolute Gasteiger partial charge is 0.219 e. The van der Waals surface area contributed by atoms with E-state index < -0.39 is 0 Å². The molecule has 128 valence electrons. The van der Waals surface area contributed by atoms with E-state index >= 15 is 0 Å². The van der Waals surface area contributed by atoms with Gasteiger partial charge in [0.05, 0.1) is 13.2 Å². The van der Waals surface area contributed by atoms with Crippen LogP contribution in [0, 0.1) is 11.3 Å². The van der Waals surface area contributed by atoms with Gasteiger partial charge in [-0.1, -0.05) is 0 Å². The molecule has 23 heavy (non-hydrogen) atoms. The van der Waals surface area contributed by atoms with Crippen molar-refractivity contribution in [2.75, 3.05) is 39.9 Å². The number of hydrogen-bond donors (Lipinski definition) is 0. The second kappa shape index (κ2) is 6.95. The minimum absolute atomic E-state index is 0.186. The number of furan rings is 1. The standard InChI is InChI=1S/C17H25BrN2O3/c1-13(21)20-9-14(11-22-2)17(12-20)5-7-19(8-6-17)10-15-3-4-16(18)23-15/h3-4,14H,5-12H2,1-2H3. The molecule has 0 saturated carbocycles. The molecule has 0 bridgehead atoms. The molecule has 1 spiro atoms. The summed E-state index contributed by atoms with van der Waals surface area (Å²) in [5, 5.41) is 0. The second-order valence-corrected chi connectivity index (χ2v) is 7.68. The number of likely N-dealkylation sites (tertiary alicyclic amines) is 2. The first kappa shape index (κ1) is 17.0. The average Bonchev–Trinajstić information content (AvgIpc) is 3.07. The van der Waals surface area contributed by atoms with E-state index in [1.165, 1.54) is 0 Å². The highest BCUT2D eigenvalue weighted by atomic mass is 79.9. The van der Waals surface area contributed by atoms with Gasteiger partial charge in [0.2, 0.25) is 5.91 Å².